The molecule has 2 N–H and O–H groups in total. The van der Waals surface area contributed by atoms with E-state index in [2.05, 4.69) is 4.90 Å². The van der Waals surface area contributed by atoms with Crippen LogP contribution in [0.15, 0.2) is 17.5 Å². The van der Waals surface area contributed by atoms with Gasteiger partial charge >= 0.3 is 5.97 Å². The second-order valence-electron chi connectivity index (χ2n) is 3.96. The lowest BCUT2D eigenvalue weighted by atomic mass is 10.2. The average molecular weight is 255 g/mol. The Balaban J connectivity index is 2.59. The summed E-state index contributed by atoms with van der Waals surface area (Å²) in [4.78, 5) is 13.6. The first-order valence-electron chi connectivity index (χ1n) is 5.32. The summed E-state index contributed by atoms with van der Waals surface area (Å²) < 4.78 is 0. The number of aliphatic carboxylic acids is 1. The molecule has 1 atom stereocenters. The van der Waals surface area contributed by atoms with Crippen molar-refractivity contribution in [1.29, 1.82) is 0 Å². The van der Waals surface area contributed by atoms with E-state index >= 15 is 0 Å². The quantitative estimate of drug-likeness (QED) is 0.759. The Hall–Kier alpha value is -1.17. The maximum absolute atomic E-state index is 10.4. The van der Waals surface area contributed by atoms with Gasteiger partial charge in [-0.2, -0.15) is 0 Å². The Kier molecular flexibility index (Phi) is 5.34. The molecule has 1 heterocycles. The van der Waals surface area contributed by atoms with Crippen LogP contribution in [0.4, 0.5) is 0 Å². The predicted octanol–water partition coefficient (Wildman–Crippen LogP) is 1.66. The molecule has 1 aromatic heterocycles. The minimum absolute atomic E-state index is 0.120. The first-order chi connectivity index (χ1) is 8.02. The van der Waals surface area contributed by atoms with Crippen molar-refractivity contribution in [3.8, 4) is 0 Å². The maximum atomic E-state index is 10.4. The molecule has 1 aromatic rings. The highest BCUT2D eigenvalue weighted by atomic mass is 32.1. The van der Waals surface area contributed by atoms with Gasteiger partial charge in [0, 0.05) is 23.5 Å². The van der Waals surface area contributed by atoms with E-state index in [4.69, 9.17) is 10.2 Å². The molecule has 0 bridgehead atoms. The van der Waals surface area contributed by atoms with Crippen LogP contribution in [-0.2, 0) is 11.3 Å². The van der Waals surface area contributed by atoms with E-state index in [0.29, 0.717) is 0 Å². The number of aliphatic hydroxyl groups is 1. The van der Waals surface area contributed by atoms with E-state index in [-0.39, 0.29) is 12.6 Å². The van der Waals surface area contributed by atoms with Gasteiger partial charge in [-0.25, -0.2) is 4.79 Å². The zero-order chi connectivity index (χ0) is 12.8. The zero-order valence-electron chi connectivity index (χ0n) is 9.96. The number of rotatable bonds is 6. The molecule has 17 heavy (non-hydrogen) atoms. The van der Waals surface area contributed by atoms with Crippen molar-refractivity contribution in [3.63, 3.8) is 0 Å². The molecule has 0 saturated carbocycles. The number of likely N-dealkylation sites (N-methyl/N-ethyl adjacent to an activating group) is 1. The molecule has 0 aromatic carbocycles. The highest BCUT2D eigenvalue weighted by Gasteiger charge is 2.09. The lowest BCUT2D eigenvalue weighted by Crippen LogP contribution is -2.31. The molecule has 0 fully saturated rings. The molecule has 1 unspecified atom stereocenters. The Morgan fingerprint density at radius 1 is 1.65 bits per heavy atom. The fourth-order valence-corrected chi connectivity index (χ4v) is 2.19. The molecular formula is C12H17NO3S. The van der Waals surface area contributed by atoms with Crippen LogP contribution in [0.2, 0.25) is 0 Å². The Bertz CT molecular complexity index is 400. The maximum Gasteiger partial charge on any atom is 0.328 e. The van der Waals surface area contributed by atoms with Crippen LogP contribution >= 0.6 is 11.3 Å². The fourth-order valence-electron chi connectivity index (χ4n) is 1.28. The third-order valence-corrected chi connectivity index (χ3v) is 3.45. The van der Waals surface area contributed by atoms with Crippen LogP contribution in [0.5, 0.6) is 0 Å². The Morgan fingerprint density at radius 2 is 2.35 bits per heavy atom. The van der Waals surface area contributed by atoms with Crippen molar-refractivity contribution < 1.29 is 15.0 Å². The number of hydrogen-bond acceptors (Lipinski definition) is 4. The van der Waals surface area contributed by atoms with Crippen LogP contribution in [0.3, 0.4) is 0 Å². The Labute approximate surface area is 105 Å². The predicted molar refractivity (Wildman–Crippen MR) is 69.0 cm³/mol. The van der Waals surface area contributed by atoms with Crippen LogP contribution in [-0.4, -0.2) is 40.8 Å². The van der Waals surface area contributed by atoms with Crippen molar-refractivity contribution in [1.82, 2.24) is 4.90 Å². The van der Waals surface area contributed by atoms with Gasteiger partial charge in [-0.1, -0.05) is 0 Å². The minimum atomic E-state index is -0.941. The average Bonchev–Trinajstić information content (AvgIpc) is 2.73. The number of hydrogen-bond donors (Lipinski definition) is 2. The van der Waals surface area contributed by atoms with Gasteiger partial charge in [-0.15, -0.1) is 11.3 Å². The minimum Gasteiger partial charge on any atom is -0.478 e. The number of aliphatic hydroxyl groups excluding tert-OH is 1. The second kappa shape index (κ2) is 6.54. The van der Waals surface area contributed by atoms with Gasteiger partial charge in [0.1, 0.15) is 0 Å². The second-order valence-corrected chi connectivity index (χ2v) is 4.96. The largest absolute Gasteiger partial charge is 0.478 e. The van der Waals surface area contributed by atoms with Crippen LogP contribution in [0.1, 0.15) is 17.4 Å². The molecular weight excluding hydrogens is 238 g/mol. The molecule has 0 saturated heterocycles. The first kappa shape index (κ1) is 13.9. The molecule has 94 valence electrons. The van der Waals surface area contributed by atoms with Gasteiger partial charge in [0.25, 0.3) is 0 Å². The van der Waals surface area contributed by atoms with Crippen molar-refractivity contribution in [2.75, 3.05) is 13.7 Å². The fraction of sp³-hybridized carbons (Fsp3) is 0.417. The van der Waals surface area contributed by atoms with Crippen molar-refractivity contribution in [2.45, 2.75) is 19.5 Å². The smallest absolute Gasteiger partial charge is 0.328 e. The van der Waals surface area contributed by atoms with Crippen molar-refractivity contribution >= 4 is 23.4 Å². The summed E-state index contributed by atoms with van der Waals surface area (Å²) in [7, 11) is 1.95. The number of nitrogens with zero attached hydrogens (tertiary/aromatic N) is 1. The van der Waals surface area contributed by atoms with Gasteiger partial charge < -0.3 is 10.2 Å². The monoisotopic (exact) mass is 255 g/mol. The third kappa shape index (κ3) is 4.68. The molecule has 1 rings (SSSR count). The SMILES string of the molecule is CC(CO)N(C)Cc1cc(/C=C/C(=O)O)cs1. The lowest BCUT2D eigenvalue weighted by Gasteiger charge is -2.21. The molecule has 5 heteroatoms. The number of carbonyl (C=O) groups is 1. The molecule has 0 aliphatic heterocycles. The lowest BCUT2D eigenvalue weighted by molar-refractivity contribution is -0.131. The zero-order valence-corrected chi connectivity index (χ0v) is 10.8. The van der Waals surface area contributed by atoms with E-state index in [1.807, 2.05) is 25.4 Å². The molecule has 0 amide bonds. The van der Waals surface area contributed by atoms with Crippen LogP contribution in [0, 0.1) is 0 Å². The molecule has 0 radical (unpaired) electrons. The topological polar surface area (TPSA) is 60.8 Å². The van der Waals surface area contributed by atoms with Crippen LogP contribution < -0.4 is 0 Å². The van der Waals surface area contributed by atoms with Crippen molar-refractivity contribution in [3.05, 3.63) is 28.0 Å². The van der Waals surface area contributed by atoms with E-state index in [9.17, 15) is 4.79 Å². The molecule has 0 aliphatic rings. The van der Waals surface area contributed by atoms with Gasteiger partial charge in [0.05, 0.1) is 6.61 Å². The van der Waals surface area contributed by atoms with E-state index in [1.165, 1.54) is 0 Å². The molecule has 4 nitrogen and oxygen atoms in total. The van der Waals surface area contributed by atoms with E-state index < -0.39 is 5.97 Å². The number of carboxylic acid groups (broad SMARTS) is 1. The van der Waals surface area contributed by atoms with Gasteiger partial charge in [-0.3, -0.25) is 4.90 Å². The number of thiophene rings is 1. The summed E-state index contributed by atoms with van der Waals surface area (Å²) in [6.45, 7) is 2.85. The highest BCUT2D eigenvalue weighted by Crippen LogP contribution is 2.18. The summed E-state index contributed by atoms with van der Waals surface area (Å²) in [5.74, 6) is -0.941. The van der Waals surface area contributed by atoms with Gasteiger partial charge in [-0.05, 0) is 37.1 Å². The Morgan fingerprint density at radius 3 is 2.94 bits per heavy atom. The molecule has 0 spiro atoms. The third-order valence-electron chi connectivity index (χ3n) is 2.51. The first-order valence-corrected chi connectivity index (χ1v) is 6.20. The van der Waals surface area contributed by atoms with Gasteiger partial charge in [0.15, 0.2) is 0 Å². The normalized spacial score (nSPS) is 13.4. The number of carboxylic acids is 1. The summed E-state index contributed by atoms with van der Waals surface area (Å²) >= 11 is 1.59. The van der Waals surface area contributed by atoms with E-state index in [0.717, 1.165) is 23.1 Å². The summed E-state index contributed by atoms with van der Waals surface area (Å²) in [5, 5.41) is 19.5. The molecule has 0 aliphatic carbocycles. The summed E-state index contributed by atoms with van der Waals surface area (Å²) in [6, 6.07) is 2.08. The summed E-state index contributed by atoms with van der Waals surface area (Å²) in [6.07, 6.45) is 2.71. The van der Waals surface area contributed by atoms with Crippen LogP contribution in [0.25, 0.3) is 6.08 Å². The van der Waals surface area contributed by atoms with Gasteiger partial charge in [0.2, 0.25) is 0 Å². The summed E-state index contributed by atoms with van der Waals surface area (Å²) in [5.41, 5.74) is 0.900. The van der Waals surface area contributed by atoms with Crippen molar-refractivity contribution in [2.24, 2.45) is 0 Å². The highest BCUT2D eigenvalue weighted by molar-refractivity contribution is 7.10. The van der Waals surface area contributed by atoms with E-state index in [1.54, 1.807) is 17.4 Å². The standard InChI is InChI=1S/C12H17NO3S/c1-9(7-14)13(2)6-11-5-10(8-17-11)3-4-12(15)16/h3-5,8-9,14H,6-7H2,1-2H3,(H,15,16)/b4-3+.